The Balaban J connectivity index is 2.07. The van der Waals surface area contributed by atoms with Crippen molar-refractivity contribution in [1.29, 1.82) is 0 Å². The zero-order valence-corrected chi connectivity index (χ0v) is 11.1. The number of rotatable bonds is 4. The lowest BCUT2D eigenvalue weighted by Gasteiger charge is -2.22. The highest BCUT2D eigenvalue weighted by Crippen LogP contribution is 2.19. The molecule has 18 heavy (non-hydrogen) atoms. The molecule has 6 nitrogen and oxygen atoms in total. The molecule has 1 aromatic heterocycles. The zero-order chi connectivity index (χ0) is 13.1. The Bertz CT molecular complexity index is 418. The first-order valence-electron chi connectivity index (χ1n) is 6.13. The van der Waals surface area contributed by atoms with E-state index < -0.39 is 0 Å². The molecule has 1 aromatic rings. The SMILES string of the molecule is CNC(C(=O)N1CC[C@H](OC)C1)c1cnn(C)c1. The molecule has 2 atom stereocenters. The van der Waals surface area contributed by atoms with Crippen LogP contribution >= 0.6 is 0 Å². The summed E-state index contributed by atoms with van der Waals surface area (Å²) in [7, 11) is 5.33. The highest BCUT2D eigenvalue weighted by Gasteiger charge is 2.31. The van der Waals surface area contributed by atoms with Crippen molar-refractivity contribution in [2.45, 2.75) is 18.6 Å². The van der Waals surface area contributed by atoms with Gasteiger partial charge in [-0.15, -0.1) is 0 Å². The minimum atomic E-state index is -0.325. The summed E-state index contributed by atoms with van der Waals surface area (Å²) in [6, 6.07) is -0.325. The molecule has 0 spiro atoms. The number of aromatic nitrogens is 2. The number of methoxy groups -OCH3 is 1. The van der Waals surface area contributed by atoms with E-state index in [1.807, 2.05) is 18.1 Å². The van der Waals surface area contributed by atoms with E-state index in [-0.39, 0.29) is 18.1 Å². The second-order valence-electron chi connectivity index (χ2n) is 4.60. The number of carbonyl (C=O) groups is 1. The highest BCUT2D eigenvalue weighted by atomic mass is 16.5. The van der Waals surface area contributed by atoms with Crippen molar-refractivity contribution >= 4 is 5.91 Å². The first kappa shape index (κ1) is 13.0. The van der Waals surface area contributed by atoms with Gasteiger partial charge in [0.25, 0.3) is 0 Å². The highest BCUT2D eigenvalue weighted by molar-refractivity contribution is 5.83. The van der Waals surface area contributed by atoms with E-state index in [2.05, 4.69) is 10.4 Å². The van der Waals surface area contributed by atoms with Crippen LogP contribution in [0.2, 0.25) is 0 Å². The van der Waals surface area contributed by atoms with Crippen molar-refractivity contribution < 1.29 is 9.53 Å². The third-order valence-corrected chi connectivity index (χ3v) is 3.38. The summed E-state index contributed by atoms with van der Waals surface area (Å²) in [6.07, 6.45) is 4.66. The molecule has 0 bridgehead atoms. The monoisotopic (exact) mass is 252 g/mol. The Morgan fingerprint density at radius 3 is 2.94 bits per heavy atom. The number of likely N-dealkylation sites (N-methyl/N-ethyl adjacent to an activating group) is 1. The van der Waals surface area contributed by atoms with E-state index in [0.717, 1.165) is 18.5 Å². The molecule has 0 saturated carbocycles. The van der Waals surface area contributed by atoms with Gasteiger partial charge in [0.05, 0.1) is 12.3 Å². The van der Waals surface area contributed by atoms with Gasteiger partial charge in [-0.2, -0.15) is 5.10 Å². The number of carbonyl (C=O) groups excluding carboxylic acids is 1. The molecule has 2 heterocycles. The quantitative estimate of drug-likeness (QED) is 0.815. The average Bonchev–Trinajstić information content (AvgIpc) is 2.99. The van der Waals surface area contributed by atoms with Crippen molar-refractivity contribution in [2.75, 3.05) is 27.2 Å². The molecule has 1 N–H and O–H groups in total. The Hall–Kier alpha value is -1.40. The molecule has 6 heteroatoms. The normalized spacial score (nSPS) is 21.3. The predicted molar refractivity (Wildman–Crippen MR) is 67.0 cm³/mol. The largest absolute Gasteiger partial charge is 0.380 e. The van der Waals surface area contributed by atoms with Crippen molar-refractivity contribution in [3.05, 3.63) is 18.0 Å². The molecule has 1 aliphatic heterocycles. The van der Waals surface area contributed by atoms with Crippen LogP contribution in [-0.2, 0) is 16.6 Å². The molecule has 1 amide bonds. The maximum absolute atomic E-state index is 12.4. The number of aryl methyl sites for hydroxylation is 1. The van der Waals surface area contributed by atoms with Gasteiger partial charge < -0.3 is 15.0 Å². The number of nitrogens with one attached hydrogen (secondary N) is 1. The van der Waals surface area contributed by atoms with E-state index in [4.69, 9.17) is 4.74 Å². The van der Waals surface area contributed by atoms with Crippen molar-refractivity contribution in [3.8, 4) is 0 Å². The molecule has 0 aliphatic carbocycles. The summed E-state index contributed by atoms with van der Waals surface area (Å²) in [5, 5.41) is 7.16. The smallest absolute Gasteiger partial charge is 0.244 e. The Morgan fingerprint density at radius 1 is 1.67 bits per heavy atom. The van der Waals surface area contributed by atoms with Gasteiger partial charge in [0.2, 0.25) is 5.91 Å². The van der Waals surface area contributed by atoms with Gasteiger partial charge in [0.1, 0.15) is 6.04 Å². The number of amides is 1. The molecule has 0 radical (unpaired) electrons. The lowest BCUT2D eigenvalue weighted by atomic mass is 10.1. The second-order valence-corrected chi connectivity index (χ2v) is 4.60. The molecule has 1 fully saturated rings. The van der Waals surface area contributed by atoms with E-state index in [1.165, 1.54) is 0 Å². The van der Waals surface area contributed by atoms with Gasteiger partial charge in [0.15, 0.2) is 0 Å². The fraction of sp³-hybridized carbons (Fsp3) is 0.667. The summed E-state index contributed by atoms with van der Waals surface area (Å²) >= 11 is 0. The van der Waals surface area contributed by atoms with E-state index in [0.29, 0.717) is 6.54 Å². The Labute approximate surface area is 107 Å². The lowest BCUT2D eigenvalue weighted by molar-refractivity contribution is -0.132. The van der Waals surface area contributed by atoms with Crippen LogP contribution < -0.4 is 5.32 Å². The molecule has 100 valence electrons. The van der Waals surface area contributed by atoms with Gasteiger partial charge in [0, 0.05) is 39.0 Å². The number of hydrogen-bond acceptors (Lipinski definition) is 4. The molecule has 1 aliphatic rings. The maximum Gasteiger partial charge on any atom is 0.244 e. The molecule has 1 unspecified atom stereocenters. The first-order chi connectivity index (χ1) is 8.65. The fourth-order valence-corrected chi connectivity index (χ4v) is 2.33. The number of nitrogens with zero attached hydrogens (tertiary/aromatic N) is 3. The molecular formula is C12H20N4O2. The van der Waals surface area contributed by atoms with Gasteiger partial charge >= 0.3 is 0 Å². The van der Waals surface area contributed by atoms with Crippen LogP contribution in [0.25, 0.3) is 0 Å². The van der Waals surface area contributed by atoms with Crippen molar-refractivity contribution in [2.24, 2.45) is 7.05 Å². The van der Waals surface area contributed by atoms with Crippen LogP contribution in [0.3, 0.4) is 0 Å². The van der Waals surface area contributed by atoms with Crippen LogP contribution in [0, 0.1) is 0 Å². The minimum Gasteiger partial charge on any atom is -0.380 e. The van der Waals surface area contributed by atoms with Crippen LogP contribution in [0.1, 0.15) is 18.0 Å². The minimum absolute atomic E-state index is 0.0880. The number of likely N-dealkylation sites (tertiary alicyclic amines) is 1. The summed E-state index contributed by atoms with van der Waals surface area (Å²) in [5.41, 5.74) is 0.894. The van der Waals surface area contributed by atoms with Crippen LogP contribution in [-0.4, -0.2) is 53.9 Å². The summed E-state index contributed by atoms with van der Waals surface area (Å²) < 4.78 is 6.99. The van der Waals surface area contributed by atoms with Crippen LogP contribution in [0.5, 0.6) is 0 Å². The Morgan fingerprint density at radius 2 is 2.44 bits per heavy atom. The van der Waals surface area contributed by atoms with E-state index in [1.54, 1.807) is 25.0 Å². The topological polar surface area (TPSA) is 59.4 Å². The third-order valence-electron chi connectivity index (χ3n) is 3.38. The summed E-state index contributed by atoms with van der Waals surface area (Å²) in [4.78, 5) is 14.3. The van der Waals surface area contributed by atoms with Crippen LogP contribution in [0.4, 0.5) is 0 Å². The average molecular weight is 252 g/mol. The third kappa shape index (κ3) is 2.54. The zero-order valence-electron chi connectivity index (χ0n) is 11.1. The molecule has 1 saturated heterocycles. The summed E-state index contributed by atoms with van der Waals surface area (Å²) in [6.45, 7) is 1.43. The lowest BCUT2D eigenvalue weighted by Crippen LogP contribution is -2.39. The van der Waals surface area contributed by atoms with Gasteiger partial charge in [-0.3, -0.25) is 9.48 Å². The maximum atomic E-state index is 12.4. The van der Waals surface area contributed by atoms with Crippen LogP contribution in [0.15, 0.2) is 12.4 Å². The van der Waals surface area contributed by atoms with Gasteiger partial charge in [-0.1, -0.05) is 0 Å². The van der Waals surface area contributed by atoms with Crippen molar-refractivity contribution in [3.63, 3.8) is 0 Å². The molecule has 2 rings (SSSR count). The predicted octanol–water partition coefficient (Wildman–Crippen LogP) is -0.0721. The second kappa shape index (κ2) is 5.49. The van der Waals surface area contributed by atoms with E-state index in [9.17, 15) is 4.79 Å². The molecular weight excluding hydrogens is 232 g/mol. The first-order valence-corrected chi connectivity index (χ1v) is 6.13. The van der Waals surface area contributed by atoms with Gasteiger partial charge in [-0.05, 0) is 13.5 Å². The van der Waals surface area contributed by atoms with Gasteiger partial charge in [-0.25, -0.2) is 0 Å². The summed E-state index contributed by atoms with van der Waals surface area (Å²) in [5.74, 6) is 0.0880. The standard InChI is InChI=1S/C12H20N4O2/c1-13-11(9-6-14-15(2)7-9)12(17)16-5-4-10(8-16)18-3/h6-7,10-11,13H,4-5,8H2,1-3H3/t10-,11?/m0/s1. The molecule has 0 aromatic carbocycles. The fourth-order valence-electron chi connectivity index (χ4n) is 2.33. The van der Waals surface area contributed by atoms with Crippen molar-refractivity contribution in [1.82, 2.24) is 20.0 Å². The number of hydrogen-bond donors (Lipinski definition) is 1. The Kier molecular flexibility index (Phi) is 3.98. The number of ether oxygens (including phenoxy) is 1. The van der Waals surface area contributed by atoms with E-state index >= 15 is 0 Å².